The molecule has 1 aromatic heterocycles. The van der Waals surface area contributed by atoms with Gasteiger partial charge >= 0.3 is 5.97 Å². The van der Waals surface area contributed by atoms with Crippen molar-refractivity contribution in [2.75, 3.05) is 27.4 Å². The van der Waals surface area contributed by atoms with Gasteiger partial charge in [-0.05, 0) is 69.2 Å². The highest BCUT2D eigenvalue weighted by molar-refractivity contribution is 7.07. The van der Waals surface area contributed by atoms with Crippen molar-refractivity contribution >= 4 is 29.1 Å². The van der Waals surface area contributed by atoms with Crippen molar-refractivity contribution in [1.29, 1.82) is 0 Å². The molecule has 0 N–H and O–H groups in total. The molecule has 4 aromatic rings. The molecule has 5 rings (SSSR count). The summed E-state index contributed by atoms with van der Waals surface area (Å²) in [5.74, 6) is 1.65. The van der Waals surface area contributed by atoms with E-state index in [9.17, 15) is 9.59 Å². The maximum atomic E-state index is 14.3. The first kappa shape index (κ1) is 31.6. The van der Waals surface area contributed by atoms with Gasteiger partial charge in [0.15, 0.2) is 27.8 Å². The van der Waals surface area contributed by atoms with Crippen molar-refractivity contribution in [3.8, 4) is 23.0 Å². The minimum atomic E-state index is -0.849. The Kier molecular flexibility index (Phi) is 9.73. The first-order valence-corrected chi connectivity index (χ1v) is 15.5. The Morgan fingerprint density at radius 1 is 0.933 bits per heavy atom. The molecule has 0 bridgehead atoms. The van der Waals surface area contributed by atoms with E-state index < -0.39 is 12.0 Å². The minimum Gasteiger partial charge on any atom is -0.493 e. The molecule has 9 nitrogen and oxygen atoms in total. The van der Waals surface area contributed by atoms with Crippen LogP contribution in [0.25, 0.3) is 11.8 Å². The van der Waals surface area contributed by atoms with Crippen molar-refractivity contribution in [2.24, 2.45) is 4.99 Å². The molecule has 234 valence electrons. The summed E-state index contributed by atoms with van der Waals surface area (Å²) in [4.78, 5) is 33.4. The topological polar surface area (TPSA) is 97.6 Å². The number of aromatic nitrogens is 1. The Morgan fingerprint density at radius 3 is 2.33 bits per heavy atom. The van der Waals surface area contributed by atoms with Gasteiger partial charge in [-0.3, -0.25) is 9.36 Å². The number of methoxy groups -OCH3 is 2. The second-order valence-electron chi connectivity index (χ2n) is 10.4. The molecule has 0 aliphatic carbocycles. The van der Waals surface area contributed by atoms with Gasteiger partial charge in [-0.15, -0.1) is 0 Å². The monoisotopic (exact) mass is 628 g/mol. The lowest BCUT2D eigenvalue weighted by molar-refractivity contribution is -0.138. The van der Waals surface area contributed by atoms with Crippen LogP contribution in [0.5, 0.6) is 23.0 Å². The molecule has 0 saturated heterocycles. The number of hydrogen-bond acceptors (Lipinski definition) is 9. The molecular formula is C35H36N2O7S. The zero-order valence-corrected chi connectivity index (χ0v) is 27.0. The van der Waals surface area contributed by atoms with Gasteiger partial charge in [0.2, 0.25) is 0 Å². The van der Waals surface area contributed by atoms with Crippen molar-refractivity contribution in [1.82, 2.24) is 4.57 Å². The summed E-state index contributed by atoms with van der Waals surface area (Å²) in [6, 6.07) is 19.5. The standard InChI is InChI=1S/C35H36N2O7S/c1-7-42-28-18-22(14-16-26(28)44-21(3)4)19-29-33(38)37-32(24-15-17-25(40-5)27(20-24)41-6)30(34(39)43-8-2)31(36-35(37)45-29)23-12-10-9-11-13-23/h9-21,32H,7-8H2,1-6H3/b29-19-/t32-/m0/s1. The van der Waals surface area contributed by atoms with E-state index >= 15 is 0 Å². The molecule has 1 aliphatic heterocycles. The second-order valence-corrected chi connectivity index (χ2v) is 11.4. The third-order valence-electron chi connectivity index (χ3n) is 7.03. The molecule has 10 heteroatoms. The van der Waals surface area contributed by atoms with E-state index in [-0.39, 0.29) is 23.8 Å². The molecule has 0 fully saturated rings. The predicted molar refractivity (Wildman–Crippen MR) is 174 cm³/mol. The van der Waals surface area contributed by atoms with Crippen LogP contribution in [-0.4, -0.2) is 44.1 Å². The van der Waals surface area contributed by atoms with Crippen LogP contribution in [0.15, 0.2) is 82.1 Å². The lowest BCUT2D eigenvalue weighted by Gasteiger charge is -2.26. The maximum Gasteiger partial charge on any atom is 0.338 e. The Bertz CT molecular complexity index is 1910. The van der Waals surface area contributed by atoms with E-state index in [4.69, 9.17) is 28.7 Å². The molecule has 1 atom stereocenters. The van der Waals surface area contributed by atoms with Crippen LogP contribution in [0.2, 0.25) is 0 Å². The van der Waals surface area contributed by atoms with Gasteiger partial charge < -0.3 is 23.7 Å². The number of esters is 1. The second kappa shape index (κ2) is 13.9. The minimum absolute atomic E-state index is 0.0253. The first-order valence-electron chi connectivity index (χ1n) is 14.7. The number of fused-ring (bicyclic) bond motifs is 1. The molecular weight excluding hydrogens is 592 g/mol. The summed E-state index contributed by atoms with van der Waals surface area (Å²) < 4.78 is 30.4. The van der Waals surface area contributed by atoms with E-state index in [1.165, 1.54) is 11.3 Å². The predicted octanol–water partition coefficient (Wildman–Crippen LogP) is 5.14. The highest BCUT2D eigenvalue weighted by atomic mass is 32.1. The van der Waals surface area contributed by atoms with Crippen molar-refractivity contribution < 1.29 is 28.5 Å². The molecule has 3 aromatic carbocycles. The quantitative estimate of drug-likeness (QED) is 0.212. The van der Waals surface area contributed by atoms with E-state index in [2.05, 4.69) is 0 Å². The van der Waals surface area contributed by atoms with E-state index in [1.807, 2.05) is 75.4 Å². The van der Waals surface area contributed by atoms with Gasteiger partial charge in [-0.1, -0.05) is 53.8 Å². The lowest BCUT2D eigenvalue weighted by Crippen LogP contribution is -2.40. The summed E-state index contributed by atoms with van der Waals surface area (Å²) >= 11 is 1.25. The van der Waals surface area contributed by atoms with Gasteiger partial charge in [-0.2, -0.15) is 0 Å². The summed E-state index contributed by atoms with van der Waals surface area (Å²) in [7, 11) is 3.09. The molecule has 2 heterocycles. The average molecular weight is 629 g/mol. The number of carbonyl (C=O) groups excluding carboxylic acids is 1. The zero-order valence-electron chi connectivity index (χ0n) is 26.2. The highest BCUT2D eigenvalue weighted by Gasteiger charge is 2.35. The fraction of sp³-hybridized carbons (Fsp3) is 0.286. The number of benzene rings is 3. The Hall–Kier alpha value is -4.83. The summed E-state index contributed by atoms with van der Waals surface area (Å²) in [6.07, 6.45) is 1.77. The van der Waals surface area contributed by atoms with Crippen LogP contribution in [0, 0.1) is 0 Å². The Morgan fingerprint density at radius 2 is 1.67 bits per heavy atom. The Balaban J connectivity index is 1.78. The fourth-order valence-corrected chi connectivity index (χ4v) is 6.17. The van der Waals surface area contributed by atoms with Gasteiger partial charge in [0.25, 0.3) is 5.56 Å². The third kappa shape index (κ3) is 6.51. The third-order valence-corrected chi connectivity index (χ3v) is 8.01. The summed E-state index contributed by atoms with van der Waals surface area (Å²) in [5, 5.41) is 0. The number of hydrogen-bond donors (Lipinski definition) is 0. The van der Waals surface area contributed by atoms with Crippen LogP contribution in [0.1, 0.15) is 50.4 Å². The highest BCUT2D eigenvalue weighted by Crippen LogP contribution is 2.38. The van der Waals surface area contributed by atoms with Crippen molar-refractivity contribution in [3.05, 3.63) is 109 Å². The molecule has 0 spiro atoms. The molecule has 0 saturated carbocycles. The van der Waals surface area contributed by atoms with Gasteiger partial charge in [0.1, 0.15) is 0 Å². The van der Waals surface area contributed by atoms with Crippen LogP contribution in [0.4, 0.5) is 0 Å². The lowest BCUT2D eigenvalue weighted by atomic mass is 9.93. The van der Waals surface area contributed by atoms with E-state index in [1.54, 1.807) is 43.9 Å². The number of thiazole rings is 1. The summed E-state index contributed by atoms with van der Waals surface area (Å²) in [6.45, 7) is 8.18. The molecule has 0 unspecified atom stereocenters. The molecule has 0 radical (unpaired) electrons. The van der Waals surface area contributed by atoms with Crippen LogP contribution in [0.3, 0.4) is 0 Å². The SMILES string of the molecule is CCOC(=O)C1=C(c2ccccc2)N=c2s/c(=C\c3ccc(OC(C)C)c(OCC)c3)c(=O)n2[C@H]1c1ccc(OC)c(OC)c1. The average Bonchev–Trinajstić information content (AvgIpc) is 3.35. The normalized spacial score (nSPS) is 14.6. The largest absolute Gasteiger partial charge is 0.493 e. The van der Waals surface area contributed by atoms with Gasteiger partial charge in [-0.25, -0.2) is 9.79 Å². The van der Waals surface area contributed by atoms with Crippen LogP contribution in [-0.2, 0) is 9.53 Å². The molecule has 1 aliphatic rings. The van der Waals surface area contributed by atoms with E-state index in [0.717, 1.165) is 11.1 Å². The number of nitrogens with zero attached hydrogens (tertiary/aromatic N) is 2. The van der Waals surface area contributed by atoms with Crippen molar-refractivity contribution in [2.45, 2.75) is 39.8 Å². The number of carbonyl (C=O) groups is 1. The fourth-order valence-electron chi connectivity index (χ4n) is 5.16. The zero-order chi connectivity index (χ0) is 32.1. The smallest absolute Gasteiger partial charge is 0.338 e. The molecule has 45 heavy (non-hydrogen) atoms. The van der Waals surface area contributed by atoms with Crippen molar-refractivity contribution in [3.63, 3.8) is 0 Å². The number of rotatable bonds is 11. The van der Waals surface area contributed by atoms with E-state index in [0.29, 0.717) is 50.2 Å². The van der Waals surface area contributed by atoms with Gasteiger partial charge in [0, 0.05) is 5.56 Å². The Labute approximate surface area is 265 Å². The maximum absolute atomic E-state index is 14.3. The van der Waals surface area contributed by atoms with Crippen LogP contribution < -0.4 is 33.8 Å². The van der Waals surface area contributed by atoms with Gasteiger partial charge in [0.05, 0.1) is 55.4 Å². The molecule has 0 amide bonds. The van der Waals surface area contributed by atoms with Crippen LogP contribution >= 0.6 is 11.3 Å². The first-order chi connectivity index (χ1) is 21.8. The summed E-state index contributed by atoms with van der Waals surface area (Å²) in [5.41, 5.74) is 2.52. The number of ether oxygens (including phenoxy) is 5.